The molecule has 0 atom stereocenters. The van der Waals surface area contributed by atoms with Gasteiger partial charge in [0.15, 0.2) is 11.5 Å². The van der Waals surface area contributed by atoms with Crippen molar-refractivity contribution in [3.05, 3.63) is 30.0 Å². The Bertz CT molecular complexity index is 528. The van der Waals surface area contributed by atoms with E-state index in [1.165, 1.54) is 0 Å². The normalized spacial score (nSPS) is 10.9. The van der Waals surface area contributed by atoms with Crippen LogP contribution in [0.25, 0.3) is 11.0 Å². The Morgan fingerprint density at radius 3 is 2.76 bits per heavy atom. The predicted molar refractivity (Wildman–Crippen MR) is 69.1 cm³/mol. The Hall–Kier alpha value is -1.77. The van der Waals surface area contributed by atoms with Crippen LogP contribution >= 0.6 is 0 Å². The molecule has 2 aromatic rings. The lowest BCUT2D eigenvalue weighted by Crippen LogP contribution is -2.00. The zero-order valence-corrected chi connectivity index (χ0v) is 10.0. The van der Waals surface area contributed by atoms with Gasteiger partial charge in [0, 0.05) is 11.8 Å². The Balaban J connectivity index is 2.23. The second-order valence-corrected chi connectivity index (χ2v) is 4.22. The number of hydrogen-bond donors (Lipinski definition) is 1. The number of rotatable bonds is 5. The largest absolute Gasteiger partial charge is 0.451 e. The highest BCUT2D eigenvalue weighted by Crippen LogP contribution is 2.29. The van der Waals surface area contributed by atoms with E-state index in [0.717, 1.165) is 24.6 Å². The van der Waals surface area contributed by atoms with Crippen LogP contribution in [0.5, 0.6) is 0 Å². The number of carbonyl (C=O) groups is 1. The maximum atomic E-state index is 11.9. The van der Waals surface area contributed by atoms with Gasteiger partial charge < -0.3 is 10.2 Å². The SMILES string of the molecule is CCCCCC(=O)c1oc2ccccc2c1N. The number of nitrogen functional groups attached to an aromatic ring is 1. The summed E-state index contributed by atoms with van der Waals surface area (Å²) in [6, 6.07) is 7.46. The first-order valence-corrected chi connectivity index (χ1v) is 6.04. The van der Waals surface area contributed by atoms with E-state index in [1.807, 2.05) is 24.3 Å². The van der Waals surface area contributed by atoms with Crippen molar-refractivity contribution in [2.75, 3.05) is 5.73 Å². The van der Waals surface area contributed by atoms with Crippen LogP contribution in [0.2, 0.25) is 0 Å². The van der Waals surface area contributed by atoms with Crippen molar-refractivity contribution in [2.24, 2.45) is 0 Å². The van der Waals surface area contributed by atoms with Gasteiger partial charge in [0.2, 0.25) is 0 Å². The molecule has 0 radical (unpaired) electrons. The number of fused-ring (bicyclic) bond motifs is 1. The van der Waals surface area contributed by atoms with E-state index in [9.17, 15) is 4.79 Å². The van der Waals surface area contributed by atoms with Crippen LogP contribution in [0.3, 0.4) is 0 Å². The number of ketones is 1. The first-order valence-electron chi connectivity index (χ1n) is 6.04. The third kappa shape index (κ3) is 2.33. The minimum Gasteiger partial charge on any atom is -0.451 e. The number of anilines is 1. The van der Waals surface area contributed by atoms with Crippen molar-refractivity contribution in [1.29, 1.82) is 0 Å². The molecule has 17 heavy (non-hydrogen) atoms. The third-order valence-corrected chi connectivity index (χ3v) is 2.89. The van der Waals surface area contributed by atoms with Crippen molar-refractivity contribution in [3.8, 4) is 0 Å². The van der Waals surface area contributed by atoms with Crippen molar-refractivity contribution in [3.63, 3.8) is 0 Å². The molecule has 0 saturated carbocycles. The van der Waals surface area contributed by atoms with Crippen molar-refractivity contribution < 1.29 is 9.21 Å². The summed E-state index contributed by atoms with van der Waals surface area (Å²) in [4.78, 5) is 11.9. The number of benzene rings is 1. The summed E-state index contributed by atoms with van der Waals surface area (Å²) < 4.78 is 5.52. The summed E-state index contributed by atoms with van der Waals surface area (Å²) in [5.41, 5.74) is 7.09. The van der Waals surface area contributed by atoms with Crippen LogP contribution in [-0.2, 0) is 0 Å². The van der Waals surface area contributed by atoms with Gasteiger partial charge in [-0.05, 0) is 18.6 Å². The number of carbonyl (C=O) groups excluding carboxylic acids is 1. The average molecular weight is 231 g/mol. The average Bonchev–Trinajstić information content (AvgIpc) is 2.68. The number of nitrogens with two attached hydrogens (primary N) is 1. The molecule has 0 bridgehead atoms. The van der Waals surface area contributed by atoms with E-state index in [0.29, 0.717) is 23.5 Å². The second kappa shape index (κ2) is 5.04. The third-order valence-electron chi connectivity index (χ3n) is 2.89. The zero-order valence-electron chi connectivity index (χ0n) is 10.0. The molecule has 1 aromatic heterocycles. The number of unbranched alkanes of at least 4 members (excludes halogenated alkanes) is 2. The summed E-state index contributed by atoms with van der Waals surface area (Å²) in [7, 11) is 0. The summed E-state index contributed by atoms with van der Waals surface area (Å²) in [5.74, 6) is 0.328. The Morgan fingerprint density at radius 2 is 2.06 bits per heavy atom. The van der Waals surface area contributed by atoms with Gasteiger partial charge in [-0.1, -0.05) is 31.9 Å². The molecule has 0 unspecified atom stereocenters. The fraction of sp³-hybridized carbons (Fsp3) is 0.357. The quantitative estimate of drug-likeness (QED) is 0.629. The highest BCUT2D eigenvalue weighted by molar-refractivity contribution is 6.06. The molecular weight excluding hydrogens is 214 g/mol. The molecule has 3 nitrogen and oxygen atoms in total. The van der Waals surface area contributed by atoms with Gasteiger partial charge in [-0.25, -0.2) is 0 Å². The molecule has 1 aromatic carbocycles. The Kier molecular flexibility index (Phi) is 3.47. The number of Topliss-reactive ketones (excluding diaryl/α,β-unsaturated/α-hetero) is 1. The maximum Gasteiger partial charge on any atom is 0.200 e. The van der Waals surface area contributed by atoms with Crippen molar-refractivity contribution in [1.82, 2.24) is 0 Å². The summed E-state index contributed by atoms with van der Waals surface area (Å²) in [5, 5.41) is 0.825. The van der Waals surface area contributed by atoms with Gasteiger partial charge in [-0.15, -0.1) is 0 Å². The second-order valence-electron chi connectivity index (χ2n) is 4.22. The van der Waals surface area contributed by atoms with Gasteiger partial charge in [0.1, 0.15) is 5.58 Å². The first-order chi connectivity index (χ1) is 8.24. The fourth-order valence-corrected chi connectivity index (χ4v) is 1.92. The van der Waals surface area contributed by atoms with E-state index in [4.69, 9.17) is 10.2 Å². The molecule has 0 spiro atoms. The monoisotopic (exact) mass is 231 g/mol. The van der Waals surface area contributed by atoms with E-state index in [2.05, 4.69) is 6.92 Å². The van der Waals surface area contributed by atoms with Gasteiger partial charge in [0.05, 0.1) is 5.69 Å². The molecule has 3 heteroatoms. The Labute approximate surface area is 101 Å². The van der Waals surface area contributed by atoms with Gasteiger partial charge in [0.25, 0.3) is 0 Å². The molecule has 2 rings (SSSR count). The van der Waals surface area contributed by atoms with Crippen LogP contribution in [0.4, 0.5) is 5.69 Å². The topological polar surface area (TPSA) is 56.2 Å². The van der Waals surface area contributed by atoms with E-state index in [-0.39, 0.29) is 5.78 Å². The smallest absolute Gasteiger partial charge is 0.200 e. The van der Waals surface area contributed by atoms with Crippen LogP contribution in [0.15, 0.2) is 28.7 Å². The van der Waals surface area contributed by atoms with Gasteiger partial charge in [-0.3, -0.25) is 4.79 Å². The molecule has 0 saturated heterocycles. The minimum atomic E-state index is 0.00662. The standard InChI is InChI=1S/C14H17NO2/c1-2-3-4-8-11(16)14-13(15)10-7-5-6-9-12(10)17-14/h5-7,9H,2-4,8,15H2,1H3. The number of hydrogen-bond acceptors (Lipinski definition) is 3. The molecule has 2 N–H and O–H groups in total. The molecule has 0 aliphatic heterocycles. The zero-order chi connectivity index (χ0) is 12.3. The molecule has 0 fully saturated rings. The molecule has 1 heterocycles. The van der Waals surface area contributed by atoms with Crippen LogP contribution in [0, 0.1) is 0 Å². The lowest BCUT2D eigenvalue weighted by atomic mass is 10.1. The predicted octanol–water partition coefficient (Wildman–Crippen LogP) is 3.78. The van der Waals surface area contributed by atoms with E-state index >= 15 is 0 Å². The summed E-state index contributed by atoms with van der Waals surface area (Å²) >= 11 is 0. The molecule has 0 amide bonds. The Morgan fingerprint density at radius 1 is 1.29 bits per heavy atom. The molecule has 90 valence electrons. The fourth-order valence-electron chi connectivity index (χ4n) is 1.92. The molecule has 0 aliphatic rings. The number of para-hydroxylation sites is 1. The molecular formula is C14H17NO2. The summed E-state index contributed by atoms with van der Waals surface area (Å²) in [6.07, 6.45) is 3.57. The van der Waals surface area contributed by atoms with Crippen LogP contribution in [0.1, 0.15) is 43.2 Å². The minimum absolute atomic E-state index is 0.00662. The lowest BCUT2D eigenvalue weighted by molar-refractivity contribution is 0.0955. The number of furan rings is 1. The highest BCUT2D eigenvalue weighted by atomic mass is 16.3. The molecule has 0 aliphatic carbocycles. The van der Waals surface area contributed by atoms with Gasteiger partial charge >= 0.3 is 0 Å². The highest BCUT2D eigenvalue weighted by Gasteiger charge is 2.17. The van der Waals surface area contributed by atoms with E-state index < -0.39 is 0 Å². The first kappa shape index (κ1) is 11.7. The van der Waals surface area contributed by atoms with Crippen molar-refractivity contribution in [2.45, 2.75) is 32.6 Å². The van der Waals surface area contributed by atoms with Crippen LogP contribution in [-0.4, -0.2) is 5.78 Å². The lowest BCUT2D eigenvalue weighted by Gasteiger charge is -1.97. The summed E-state index contributed by atoms with van der Waals surface area (Å²) in [6.45, 7) is 2.11. The maximum absolute atomic E-state index is 11.9. The van der Waals surface area contributed by atoms with Crippen LogP contribution < -0.4 is 5.73 Å². The van der Waals surface area contributed by atoms with E-state index in [1.54, 1.807) is 0 Å². The van der Waals surface area contributed by atoms with Gasteiger partial charge in [-0.2, -0.15) is 0 Å². The van der Waals surface area contributed by atoms with Crippen molar-refractivity contribution >= 4 is 22.4 Å².